The highest BCUT2D eigenvalue weighted by Crippen LogP contribution is 2.33. The Morgan fingerprint density at radius 2 is 1.05 bits per heavy atom. The first kappa shape index (κ1) is 11.4. The van der Waals surface area contributed by atoms with Gasteiger partial charge in [0, 0.05) is 23.2 Å². The van der Waals surface area contributed by atoms with E-state index in [4.69, 9.17) is 0 Å². The fourth-order valence-electron chi connectivity index (χ4n) is 2.91. The second kappa shape index (κ2) is 4.01. The molecule has 4 aromatic rings. The zero-order valence-electron chi connectivity index (χ0n) is 11.5. The van der Waals surface area contributed by atoms with E-state index in [1.54, 1.807) is 12.4 Å². The summed E-state index contributed by atoms with van der Waals surface area (Å²) in [7, 11) is 0. The molecule has 0 bridgehead atoms. The molecule has 1 heterocycles. The summed E-state index contributed by atoms with van der Waals surface area (Å²) in [6.07, 6.45) is 3.53. The van der Waals surface area contributed by atoms with E-state index < -0.39 is 0 Å². The molecule has 0 aliphatic carbocycles. The van der Waals surface area contributed by atoms with E-state index in [0.29, 0.717) is 0 Å². The van der Waals surface area contributed by atoms with Crippen LogP contribution in [0.5, 0.6) is 0 Å². The fraction of sp³-hybridized carbons (Fsp3) is 0.111. The molecule has 0 aliphatic heterocycles. The van der Waals surface area contributed by atoms with Gasteiger partial charge in [0.05, 0.1) is 11.0 Å². The van der Waals surface area contributed by atoms with Gasteiger partial charge in [-0.25, -0.2) is 0 Å². The standard InChI is InChI=1S/C18H14N2/c1-11-3-5-13-15(9-11)16-10-12(2)4-6-14(16)18-17(13)19-7-8-20-18/h3-10H,1-2H3. The first-order valence-corrected chi connectivity index (χ1v) is 6.77. The SMILES string of the molecule is Cc1ccc2c(c1)c1cc(C)ccc1c1nccnc21. The average Bonchev–Trinajstić information content (AvgIpc) is 2.47. The molecule has 96 valence electrons. The van der Waals surface area contributed by atoms with Crippen molar-refractivity contribution in [2.24, 2.45) is 0 Å². The lowest BCUT2D eigenvalue weighted by molar-refractivity contribution is 1.31. The Morgan fingerprint density at radius 1 is 0.600 bits per heavy atom. The number of aromatic nitrogens is 2. The third-order valence-electron chi connectivity index (χ3n) is 3.85. The van der Waals surface area contributed by atoms with Crippen molar-refractivity contribution in [2.75, 3.05) is 0 Å². The molecular weight excluding hydrogens is 244 g/mol. The van der Waals surface area contributed by atoms with E-state index >= 15 is 0 Å². The van der Waals surface area contributed by atoms with Crippen LogP contribution in [-0.4, -0.2) is 9.97 Å². The zero-order valence-corrected chi connectivity index (χ0v) is 11.5. The molecule has 1 aromatic heterocycles. The van der Waals surface area contributed by atoms with Crippen molar-refractivity contribution < 1.29 is 0 Å². The molecule has 0 amide bonds. The normalized spacial score (nSPS) is 11.5. The maximum Gasteiger partial charge on any atom is 0.0971 e. The maximum atomic E-state index is 4.55. The lowest BCUT2D eigenvalue weighted by atomic mass is 9.97. The molecule has 20 heavy (non-hydrogen) atoms. The van der Waals surface area contributed by atoms with Gasteiger partial charge < -0.3 is 0 Å². The first-order valence-electron chi connectivity index (χ1n) is 6.77. The van der Waals surface area contributed by atoms with E-state index in [9.17, 15) is 0 Å². The monoisotopic (exact) mass is 258 g/mol. The summed E-state index contributed by atoms with van der Waals surface area (Å²) in [5, 5.41) is 4.88. The lowest BCUT2D eigenvalue weighted by Crippen LogP contribution is -1.89. The molecule has 0 fully saturated rings. The van der Waals surface area contributed by atoms with Gasteiger partial charge in [-0.1, -0.05) is 47.5 Å². The van der Waals surface area contributed by atoms with Crippen LogP contribution in [0.4, 0.5) is 0 Å². The van der Waals surface area contributed by atoms with Crippen LogP contribution >= 0.6 is 0 Å². The van der Waals surface area contributed by atoms with E-state index in [1.807, 2.05) is 0 Å². The van der Waals surface area contributed by atoms with Crippen molar-refractivity contribution >= 4 is 32.6 Å². The van der Waals surface area contributed by atoms with Gasteiger partial charge in [0.2, 0.25) is 0 Å². The number of fused-ring (bicyclic) bond motifs is 6. The molecule has 0 unspecified atom stereocenters. The van der Waals surface area contributed by atoms with E-state index in [1.165, 1.54) is 32.7 Å². The van der Waals surface area contributed by atoms with Gasteiger partial charge in [0.1, 0.15) is 0 Å². The Balaban J connectivity index is 2.41. The molecule has 0 aliphatic rings. The molecule has 3 aromatic carbocycles. The van der Waals surface area contributed by atoms with Gasteiger partial charge in [-0.15, -0.1) is 0 Å². The van der Waals surface area contributed by atoms with Crippen LogP contribution in [0.25, 0.3) is 32.6 Å². The van der Waals surface area contributed by atoms with Crippen molar-refractivity contribution in [1.82, 2.24) is 9.97 Å². The van der Waals surface area contributed by atoms with Crippen LogP contribution in [0.2, 0.25) is 0 Å². The van der Waals surface area contributed by atoms with Gasteiger partial charge in [-0.3, -0.25) is 9.97 Å². The number of hydrogen-bond donors (Lipinski definition) is 0. The van der Waals surface area contributed by atoms with E-state index in [-0.39, 0.29) is 0 Å². The van der Waals surface area contributed by atoms with Gasteiger partial charge in [0.25, 0.3) is 0 Å². The Hall–Kier alpha value is -2.48. The van der Waals surface area contributed by atoms with Gasteiger partial charge in [-0.2, -0.15) is 0 Å². The Labute approximate surface area is 117 Å². The number of benzene rings is 3. The predicted octanol–water partition coefficient (Wildman–Crippen LogP) is 4.55. The molecular formula is C18H14N2. The van der Waals surface area contributed by atoms with Crippen molar-refractivity contribution in [2.45, 2.75) is 13.8 Å². The van der Waals surface area contributed by atoms with Crippen molar-refractivity contribution in [3.63, 3.8) is 0 Å². The van der Waals surface area contributed by atoms with E-state index in [2.05, 4.69) is 60.2 Å². The lowest BCUT2D eigenvalue weighted by Gasteiger charge is -2.10. The molecule has 2 nitrogen and oxygen atoms in total. The largest absolute Gasteiger partial charge is 0.252 e. The van der Waals surface area contributed by atoms with Crippen molar-refractivity contribution in [3.8, 4) is 0 Å². The van der Waals surface area contributed by atoms with Gasteiger partial charge in [0.15, 0.2) is 0 Å². The number of nitrogens with zero attached hydrogens (tertiary/aromatic N) is 2. The summed E-state index contributed by atoms with van der Waals surface area (Å²) in [4.78, 5) is 9.10. The fourth-order valence-corrected chi connectivity index (χ4v) is 2.91. The summed E-state index contributed by atoms with van der Waals surface area (Å²) in [6.45, 7) is 4.25. The molecule has 4 rings (SSSR count). The molecule has 0 saturated heterocycles. The van der Waals surface area contributed by atoms with Crippen LogP contribution in [0.15, 0.2) is 48.8 Å². The minimum absolute atomic E-state index is 0.985. The van der Waals surface area contributed by atoms with Crippen LogP contribution in [0.1, 0.15) is 11.1 Å². The third kappa shape index (κ3) is 1.51. The summed E-state index contributed by atoms with van der Waals surface area (Å²) in [5.74, 6) is 0. The Bertz CT molecular complexity index is 891. The van der Waals surface area contributed by atoms with Gasteiger partial charge >= 0.3 is 0 Å². The van der Waals surface area contributed by atoms with Crippen LogP contribution in [0.3, 0.4) is 0 Å². The molecule has 0 spiro atoms. The molecule has 2 heteroatoms. The zero-order chi connectivity index (χ0) is 13.7. The second-order valence-electron chi connectivity index (χ2n) is 5.35. The summed E-state index contributed by atoms with van der Waals surface area (Å²) >= 11 is 0. The maximum absolute atomic E-state index is 4.55. The topological polar surface area (TPSA) is 25.8 Å². The molecule has 0 N–H and O–H groups in total. The summed E-state index contributed by atoms with van der Waals surface area (Å²) in [5.41, 5.74) is 4.50. The quantitative estimate of drug-likeness (QED) is 0.432. The van der Waals surface area contributed by atoms with Crippen molar-refractivity contribution in [1.29, 1.82) is 0 Å². The predicted molar refractivity (Wildman–Crippen MR) is 84.0 cm³/mol. The molecule has 0 atom stereocenters. The Kier molecular flexibility index (Phi) is 2.27. The highest BCUT2D eigenvalue weighted by atomic mass is 14.8. The van der Waals surface area contributed by atoms with Crippen LogP contribution in [0, 0.1) is 13.8 Å². The summed E-state index contributed by atoms with van der Waals surface area (Å²) < 4.78 is 0. The van der Waals surface area contributed by atoms with Gasteiger partial charge in [-0.05, 0) is 24.6 Å². The third-order valence-corrected chi connectivity index (χ3v) is 3.85. The highest BCUT2D eigenvalue weighted by molar-refractivity contribution is 6.23. The number of aryl methyl sites for hydroxylation is 2. The minimum Gasteiger partial charge on any atom is -0.252 e. The summed E-state index contributed by atoms with van der Waals surface area (Å²) in [6, 6.07) is 13.1. The second-order valence-corrected chi connectivity index (χ2v) is 5.35. The molecule has 0 saturated carbocycles. The average molecular weight is 258 g/mol. The first-order chi connectivity index (χ1) is 9.74. The van der Waals surface area contributed by atoms with Crippen molar-refractivity contribution in [3.05, 3.63) is 59.9 Å². The highest BCUT2D eigenvalue weighted by Gasteiger charge is 2.10. The Morgan fingerprint density at radius 3 is 1.50 bits per heavy atom. The smallest absolute Gasteiger partial charge is 0.0971 e. The van der Waals surface area contributed by atoms with Crippen LogP contribution < -0.4 is 0 Å². The molecule has 0 radical (unpaired) electrons. The van der Waals surface area contributed by atoms with E-state index in [0.717, 1.165) is 11.0 Å². The number of hydrogen-bond acceptors (Lipinski definition) is 2. The number of rotatable bonds is 0. The minimum atomic E-state index is 0.985. The van der Waals surface area contributed by atoms with Crippen LogP contribution in [-0.2, 0) is 0 Å².